The summed E-state index contributed by atoms with van der Waals surface area (Å²) in [6.45, 7) is 1.29. The number of carboxylic acid groups (broad SMARTS) is 1. The standard InChI is InChI=1S/C13H16FNO4/c1-8(15(2)7-12(16)17)13(18)10-6-9(14)4-5-11(10)19-3/h4-6,8H,7H2,1-3H3,(H,16,17). The minimum atomic E-state index is -1.03. The first-order chi connectivity index (χ1) is 8.86. The second kappa shape index (κ2) is 6.29. The van der Waals surface area contributed by atoms with Crippen molar-refractivity contribution in [2.24, 2.45) is 0 Å². The van der Waals surface area contributed by atoms with Gasteiger partial charge in [0.05, 0.1) is 25.3 Å². The molecule has 1 rings (SSSR count). The normalized spacial score (nSPS) is 12.3. The van der Waals surface area contributed by atoms with Crippen molar-refractivity contribution in [3.63, 3.8) is 0 Å². The summed E-state index contributed by atoms with van der Waals surface area (Å²) in [6, 6.07) is 2.96. The molecule has 0 aliphatic heterocycles. The van der Waals surface area contributed by atoms with E-state index in [1.165, 1.54) is 31.2 Å². The van der Waals surface area contributed by atoms with E-state index in [9.17, 15) is 14.0 Å². The number of likely N-dealkylation sites (N-methyl/N-ethyl adjacent to an activating group) is 1. The van der Waals surface area contributed by atoms with Crippen LogP contribution in [0.4, 0.5) is 4.39 Å². The summed E-state index contributed by atoms with van der Waals surface area (Å²) in [6.07, 6.45) is 0. The number of aliphatic carboxylic acids is 1. The minimum Gasteiger partial charge on any atom is -0.496 e. The largest absolute Gasteiger partial charge is 0.496 e. The number of benzene rings is 1. The molecule has 0 amide bonds. The minimum absolute atomic E-state index is 0.104. The third-order valence-electron chi connectivity index (χ3n) is 2.85. The Balaban J connectivity index is 2.99. The average Bonchev–Trinajstić information content (AvgIpc) is 2.36. The fraction of sp³-hybridized carbons (Fsp3) is 0.385. The smallest absolute Gasteiger partial charge is 0.317 e. The monoisotopic (exact) mass is 269 g/mol. The maximum atomic E-state index is 13.2. The molecule has 0 saturated heterocycles. The summed E-state index contributed by atoms with van der Waals surface area (Å²) in [4.78, 5) is 24.2. The van der Waals surface area contributed by atoms with E-state index in [-0.39, 0.29) is 23.6 Å². The van der Waals surface area contributed by atoms with E-state index in [4.69, 9.17) is 9.84 Å². The maximum absolute atomic E-state index is 13.2. The molecule has 1 N–H and O–H groups in total. The van der Waals surface area contributed by atoms with Crippen molar-refractivity contribution in [2.45, 2.75) is 13.0 Å². The van der Waals surface area contributed by atoms with Crippen LogP contribution in [0.1, 0.15) is 17.3 Å². The van der Waals surface area contributed by atoms with E-state index in [0.717, 1.165) is 6.07 Å². The molecule has 104 valence electrons. The molecule has 0 heterocycles. The first-order valence-corrected chi connectivity index (χ1v) is 5.66. The number of ether oxygens (including phenoxy) is 1. The number of hydrogen-bond acceptors (Lipinski definition) is 4. The van der Waals surface area contributed by atoms with E-state index in [2.05, 4.69) is 0 Å². The second-order valence-corrected chi connectivity index (χ2v) is 4.19. The Morgan fingerprint density at radius 1 is 1.47 bits per heavy atom. The summed E-state index contributed by atoms with van der Waals surface area (Å²) >= 11 is 0. The van der Waals surface area contributed by atoms with Crippen molar-refractivity contribution in [1.82, 2.24) is 4.90 Å². The summed E-state index contributed by atoms with van der Waals surface area (Å²) < 4.78 is 18.2. The van der Waals surface area contributed by atoms with Crippen molar-refractivity contribution in [2.75, 3.05) is 20.7 Å². The van der Waals surface area contributed by atoms with Gasteiger partial charge in [0, 0.05) is 0 Å². The number of carbonyl (C=O) groups is 2. The molecule has 6 heteroatoms. The van der Waals surface area contributed by atoms with E-state index < -0.39 is 17.8 Å². The van der Waals surface area contributed by atoms with Crippen LogP contribution >= 0.6 is 0 Å². The number of Topliss-reactive ketones (excluding diaryl/α,β-unsaturated/α-hetero) is 1. The van der Waals surface area contributed by atoms with Gasteiger partial charge in [-0.2, -0.15) is 0 Å². The van der Waals surface area contributed by atoms with Crippen LogP contribution in [0.25, 0.3) is 0 Å². The molecule has 0 aliphatic rings. The highest BCUT2D eigenvalue weighted by molar-refractivity contribution is 6.02. The molecule has 19 heavy (non-hydrogen) atoms. The maximum Gasteiger partial charge on any atom is 0.317 e. The lowest BCUT2D eigenvalue weighted by molar-refractivity contribution is -0.138. The van der Waals surface area contributed by atoms with Crippen LogP contribution in [-0.2, 0) is 4.79 Å². The molecule has 1 atom stereocenters. The predicted octanol–water partition coefficient (Wildman–Crippen LogP) is 1.42. The van der Waals surface area contributed by atoms with Crippen LogP contribution in [0.5, 0.6) is 5.75 Å². The van der Waals surface area contributed by atoms with Crippen molar-refractivity contribution in [3.8, 4) is 5.75 Å². The van der Waals surface area contributed by atoms with Crippen LogP contribution in [0, 0.1) is 5.82 Å². The Hall–Kier alpha value is -1.95. The number of carboxylic acids is 1. The quantitative estimate of drug-likeness (QED) is 0.791. The first kappa shape index (κ1) is 15.1. The molecule has 0 bridgehead atoms. The van der Waals surface area contributed by atoms with Crippen molar-refractivity contribution >= 4 is 11.8 Å². The van der Waals surface area contributed by atoms with Crippen LogP contribution in [0.2, 0.25) is 0 Å². The van der Waals surface area contributed by atoms with Crippen molar-refractivity contribution in [3.05, 3.63) is 29.6 Å². The third-order valence-corrected chi connectivity index (χ3v) is 2.85. The Morgan fingerprint density at radius 3 is 2.63 bits per heavy atom. The van der Waals surface area contributed by atoms with Gasteiger partial charge in [0.2, 0.25) is 0 Å². The first-order valence-electron chi connectivity index (χ1n) is 5.66. The van der Waals surface area contributed by atoms with Gasteiger partial charge in [-0.05, 0) is 32.2 Å². The molecule has 0 aliphatic carbocycles. The lowest BCUT2D eigenvalue weighted by atomic mass is 10.0. The van der Waals surface area contributed by atoms with Crippen LogP contribution < -0.4 is 4.74 Å². The third kappa shape index (κ3) is 3.75. The van der Waals surface area contributed by atoms with Crippen molar-refractivity contribution in [1.29, 1.82) is 0 Å². The number of ketones is 1. The fourth-order valence-corrected chi connectivity index (χ4v) is 1.65. The summed E-state index contributed by atoms with van der Waals surface area (Å²) in [5.74, 6) is -1.70. The highest BCUT2D eigenvalue weighted by atomic mass is 19.1. The van der Waals surface area contributed by atoms with Gasteiger partial charge < -0.3 is 9.84 Å². The zero-order valence-electron chi connectivity index (χ0n) is 11.0. The highest BCUT2D eigenvalue weighted by Crippen LogP contribution is 2.22. The topological polar surface area (TPSA) is 66.8 Å². The van der Waals surface area contributed by atoms with E-state index in [1.807, 2.05) is 0 Å². The predicted molar refractivity (Wildman–Crippen MR) is 67.0 cm³/mol. The highest BCUT2D eigenvalue weighted by Gasteiger charge is 2.24. The van der Waals surface area contributed by atoms with Gasteiger partial charge in [0.25, 0.3) is 0 Å². The average molecular weight is 269 g/mol. The number of nitrogens with zero attached hydrogens (tertiary/aromatic N) is 1. The number of rotatable bonds is 6. The SMILES string of the molecule is COc1ccc(F)cc1C(=O)C(C)N(C)CC(=O)O. The lowest BCUT2D eigenvalue weighted by Crippen LogP contribution is -2.39. The van der Waals surface area contributed by atoms with Gasteiger partial charge >= 0.3 is 5.97 Å². The zero-order valence-corrected chi connectivity index (χ0v) is 11.0. The van der Waals surface area contributed by atoms with E-state index >= 15 is 0 Å². The molecule has 0 spiro atoms. The summed E-state index contributed by atoms with van der Waals surface area (Å²) in [5.41, 5.74) is 0.104. The molecule has 1 aromatic rings. The number of methoxy groups -OCH3 is 1. The summed E-state index contributed by atoms with van der Waals surface area (Å²) in [5, 5.41) is 8.69. The molecule has 0 aromatic heterocycles. The molecule has 0 fully saturated rings. The molecule has 5 nitrogen and oxygen atoms in total. The van der Waals surface area contributed by atoms with Gasteiger partial charge in [-0.1, -0.05) is 0 Å². The molecular weight excluding hydrogens is 253 g/mol. The van der Waals surface area contributed by atoms with Gasteiger partial charge in [-0.15, -0.1) is 0 Å². The molecule has 1 aromatic carbocycles. The fourth-order valence-electron chi connectivity index (χ4n) is 1.65. The van der Waals surface area contributed by atoms with Crippen LogP contribution in [-0.4, -0.2) is 48.5 Å². The van der Waals surface area contributed by atoms with Crippen LogP contribution in [0.3, 0.4) is 0 Å². The Morgan fingerprint density at radius 2 is 2.11 bits per heavy atom. The van der Waals surface area contributed by atoms with Crippen molar-refractivity contribution < 1.29 is 23.8 Å². The Bertz CT molecular complexity index is 490. The molecule has 1 unspecified atom stereocenters. The van der Waals surface area contributed by atoms with E-state index in [0.29, 0.717) is 0 Å². The molecule has 0 saturated carbocycles. The second-order valence-electron chi connectivity index (χ2n) is 4.19. The Kier molecular flexibility index (Phi) is 5.00. The van der Waals surface area contributed by atoms with Gasteiger partial charge in [-0.3, -0.25) is 14.5 Å². The Labute approximate surface area is 110 Å². The number of hydrogen-bond donors (Lipinski definition) is 1. The number of halogens is 1. The lowest BCUT2D eigenvalue weighted by Gasteiger charge is -2.22. The van der Waals surface area contributed by atoms with Gasteiger partial charge in [-0.25, -0.2) is 4.39 Å². The van der Waals surface area contributed by atoms with Gasteiger partial charge in [0.15, 0.2) is 5.78 Å². The number of carbonyl (C=O) groups excluding carboxylic acids is 1. The van der Waals surface area contributed by atoms with Crippen LogP contribution in [0.15, 0.2) is 18.2 Å². The van der Waals surface area contributed by atoms with E-state index in [1.54, 1.807) is 6.92 Å². The zero-order chi connectivity index (χ0) is 14.6. The summed E-state index contributed by atoms with van der Waals surface area (Å²) in [7, 11) is 2.90. The molecular formula is C13H16FNO4. The van der Waals surface area contributed by atoms with Gasteiger partial charge in [0.1, 0.15) is 11.6 Å². The molecule has 0 radical (unpaired) electrons.